The van der Waals surface area contributed by atoms with Crippen molar-refractivity contribution in [3.8, 4) is 5.69 Å². The van der Waals surface area contributed by atoms with Crippen molar-refractivity contribution >= 4 is 26.5 Å². The number of benzene rings is 1. The van der Waals surface area contributed by atoms with Crippen LogP contribution in [0.3, 0.4) is 0 Å². The number of fused-ring (bicyclic) bond motifs is 1. The zero-order chi connectivity index (χ0) is 17.2. The Hall–Kier alpha value is -2.61. The van der Waals surface area contributed by atoms with Crippen molar-refractivity contribution in [3.63, 3.8) is 0 Å². The number of rotatable bonds is 4. The van der Waals surface area contributed by atoms with Gasteiger partial charge in [0.15, 0.2) is 0 Å². The Bertz CT molecular complexity index is 994. The molecule has 3 aromatic rings. The molecule has 0 aliphatic heterocycles. The monoisotopic (exact) mass is 343 g/mol. The number of aromatic nitrogens is 4. The molecular weight excluding hydrogens is 326 g/mol. The molecule has 8 heteroatoms. The molecule has 0 fully saturated rings. The molecule has 0 atom stereocenters. The second-order valence-corrected chi connectivity index (χ2v) is 8.07. The van der Waals surface area contributed by atoms with E-state index < -0.39 is 15.6 Å². The molecule has 2 aromatic heterocycles. The van der Waals surface area contributed by atoms with Crippen LogP contribution in [0.15, 0.2) is 47.5 Å². The second-order valence-electron chi connectivity index (χ2n) is 5.19. The van der Waals surface area contributed by atoms with Crippen LogP contribution in [0, 0.1) is 0 Å². The highest BCUT2D eigenvalue weighted by Gasteiger charge is 2.12. The second kappa shape index (κ2) is 6.48. The zero-order valence-electron chi connectivity index (χ0n) is 13.4. The summed E-state index contributed by atoms with van der Waals surface area (Å²) in [6.45, 7) is 3.55. The van der Waals surface area contributed by atoms with Crippen molar-refractivity contribution in [3.05, 3.63) is 48.7 Å². The summed E-state index contributed by atoms with van der Waals surface area (Å²) in [5.41, 5.74) is 1.87. The molecule has 7 nitrogen and oxygen atoms in total. The van der Waals surface area contributed by atoms with Gasteiger partial charge in [0.25, 0.3) is 5.91 Å². The first-order valence-corrected chi connectivity index (χ1v) is 9.41. The van der Waals surface area contributed by atoms with Gasteiger partial charge in [-0.25, -0.2) is 18.9 Å². The Kier molecular flexibility index (Phi) is 4.39. The summed E-state index contributed by atoms with van der Waals surface area (Å²) < 4.78 is 17.9. The Balaban J connectivity index is 2.00. The Labute approximate surface area is 139 Å². The smallest absolute Gasteiger partial charge is 0.266 e. The molecule has 0 saturated carbocycles. The maximum absolute atomic E-state index is 12.3. The molecule has 0 aliphatic carbocycles. The lowest BCUT2D eigenvalue weighted by molar-refractivity contribution is 0.100. The average molecular weight is 343 g/mol. The fourth-order valence-electron chi connectivity index (χ4n) is 2.24. The van der Waals surface area contributed by atoms with Crippen molar-refractivity contribution < 1.29 is 9.00 Å². The molecule has 0 spiro atoms. The molecule has 2 heterocycles. The van der Waals surface area contributed by atoms with Gasteiger partial charge in [-0.15, -0.1) is 0 Å². The minimum absolute atomic E-state index is 0.365. The molecule has 24 heavy (non-hydrogen) atoms. The summed E-state index contributed by atoms with van der Waals surface area (Å²) in [6, 6.07) is 5.11. The molecule has 0 bridgehead atoms. The Morgan fingerprint density at radius 3 is 2.58 bits per heavy atom. The predicted octanol–water partition coefficient (Wildman–Crippen LogP) is 2.46. The average Bonchev–Trinajstić information content (AvgIpc) is 3.05. The Morgan fingerprint density at radius 1 is 1.21 bits per heavy atom. The zero-order valence-corrected chi connectivity index (χ0v) is 14.2. The van der Waals surface area contributed by atoms with Crippen molar-refractivity contribution in [1.82, 2.24) is 19.7 Å². The van der Waals surface area contributed by atoms with Gasteiger partial charge < -0.3 is 0 Å². The van der Waals surface area contributed by atoms with Crippen LogP contribution in [0.5, 0.6) is 0 Å². The van der Waals surface area contributed by atoms with Gasteiger partial charge in [-0.3, -0.25) is 4.79 Å². The number of hydrogen-bond donors (Lipinski definition) is 0. The van der Waals surface area contributed by atoms with Gasteiger partial charge in [0, 0.05) is 28.7 Å². The number of hydrogen-bond acceptors (Lipinski definition) is 5. The van der Waals surface area contributed by atoms with E-state index >= 15 is 0 Å². The lowest BCUT2D eigenvalue weighted by Gasteiger charge is -2.03. The standard InChI is InChI=1S/C16H17N5O2S/c1-3-24(23,4-2)20-16(22)12-5-6-15-13(7-12)10-21(19-15)14-8-17-11-18-9-14/h5-11H,3-4H2,1-2H3. The van der Waals surface area contributed by atoms with Crippen LogP contribution in [0.2, 0.25) is 0 Å². The number of carbonyl (C=O) groups is 1. The molecule has 0 saturated heterocycles. The van der Waals surface area contributed by atoms with E-state index in [9.17, 15) is 9.00 Å². The quantitative estimate of drug-likeness (QED) is 0.726. The van der Waals surface area contributed by atoms with Gasteiger partial charge >= 0.3 is 0 Å². The third-order valence-electron chi connectivity index (χ3n) is 3.71. The summed E-state index contributed by atoms with van der Waals surface area (Å²) in [7, 11) is -2.47. The molecule has 1 amide bonds. The van der Waals surface area contributed by atoms with Crippen LogP contribution in [0.4, 0.5) is 0 Å². The first-order chi connectivity index (χ1) is 11.5. The Morgan fingerprint density at radius 2 is 1.92 bits per heavy atom. The lowest BCUT2D eigenvalue weighted by atomic mass is 10.1. The summed E-state index contributed by atoms with van der Waals surface area (Å²) in [4.78, 5) is 20.2. The normalized spacial score (nSPS) is 11.6. The highest BCUT2D eigenvalue weighted by Crippen LogP contribution is 2.18. The van der Waals surface area contributed by atoms with E-state index in [0.29, 0.717) is 17.1 Å². The third-order valence-corrected chi connectivity index (χ3v) is 6.02. The molecule has 0 aliphatic rings. The van der Waals surface area contributed by atoms with E-state index in [2.05, 4.69) is 19.4 Å². The lowest BCUT2D eigenvalue weighted by Crippen LogP contribution is -2.09. The summed E-state index contributed by atoms with van der Waals surface area (Å²) >= 11 is 0. The van der Waals surface area contributed by atoms with Crippen molar-refractivity contribution in [2.45, 2.75) is 13.8 Å². The van der Waals surface area contributed by atoms with Crippen LogP contribution in [0.1, 0.15) is 24.2 Å². The number of carbonyl (C=O) groups excluding carboxylic acids is 1. The molecule has 0 radical (unpaired) electrons. The van der Waals surface area contributed by atoms with Gasteiger partial charge in [-0.05, 0) is 18.2 Å². The maximum Gasteiger partial charge on any atom is 0.285 e. The molecule has 3 rings (SSSR count). The molecular formula is C16H17N5O2S. The van der Waals surface area contributed by atoms with Crippen molar-refractivity contribution in [1.29, 1.82) is 0 Å². The maximum atomic E-state index is 12.3. The van der Waals surface area contributed by atoms with Gasteiger partial charge in [0.2, 0.25) is 0 Å². The molecule has 0 N–H and O–H groups in total. The van der Waals surface area contributed by atoms with Gasteiger partial charge in [0.05, 0.1) is 27.6 Å². The van der Waals surface area contributed by atoms with Crippen LogP contribution >= 0.6 is 0 Å². The van der Waals surface area contributed by atoms with Gasteiger partial charge in [0.1, 0.15) is 12.0 Å². The molecule has 124 valence electrons. The number of nitrogens with zero attached hydrogens (tertiary/aromatic N) is 5. The SMILES string of the molecule is CCS(=O)(CC)=NC(=O)c1ccc2nn(-c3cncnc3)cc2c1. The van der Waals surface area contributed by atoms with E-state index in [-0.39, 0.29) is 0 Å². The third kappa shape index (κ3) is 3.18. The highest BCUT2D eigenvalue weighted by atomic mass is 32.2. The van der Waals surface area contributed by atoms with Crippen LogP contribution in [-0.2, 0) is 9.73 Å². The van der Waals surface area contributed by atoms with Gasteiger partial charge in [-0.1, -0.05) is 13.8 Å². The van der Waals surface area contributed by atoms with E-state index in [1.165, 1.54) is 6.33 Å². The summed E-state index contributed by atoms with van der Waals surface area (Å²) in [6.07, 6.45) is 6.54. The number of amides is 1. The minimum atomic E-state index is -2.47. The first kappa shape index (κ1) is 16.3. The fraction of sp³-hybridized carbons (Fsp3) is 0.250. The summed E-state index contributed by atoms with van der Waals surface area (Å²) in [5.74, 6) is 0.272. The largest absolute Gasteiger partial charge is 0.285 e. The van der Waals surface area contributed by atoms with Crippen LogP contribution in [0.25, 0.3) is 16.6 Å². The van der Waals surface area contributed by atoms with E-state index in [4.69, 9.17) is 0 Å². The van der Waals surface area contributed by atoms with Crippen LogP contribution < -0.4 is 0 Å². The van der Waals surface area contributed by atoms with Crippen molar-refractivity contribution in [2.75, 3.05) is 11.5 Å². The predicted molar refractivity (Wildman–Crippen MR) is 92.6 cm³/mol. The van der Waals surface area contributed by atoms with Gasteiger partial charge in [-0.2, -0.15) is 9.46 Å². The van der Waals surface area contributed by atoms with Crippen LogP contribution in [-0.4, -0.2) is 41.4 Å². The summed E-state index contributed by atoms with van der Waals surface area (Å²) in [5, 5.41) is 5.22. The van der Waals surface area contributed by atoms with E-state index in [1.54, 1.807) is 55.3 Å². The molecule has 0 unspecified atom stereocenters. The first-order valence-electron chi connectivity index (χ1n) is 7.56. The fourth-order valence-corrected chi connectivity index (χ4v) is 3.31. The molecule has 1 aromatic carbocycles. The topological polar surface area (TPSA) is 90.1 Å². The van der Waals surface area contributed by atoms with E-state index in [0.717, 1.165) is 16.6 Å². The van der Waals surface area contributed by atoms with Crippen molar-refractivity contribution in [2.24, 2.45) is 4.36 Å². The minimum Gasteiger partial charge on any atom is -0.266 e. The van der Waals surface area contributed by atoms with E-state index in [1.807, 2.05) is 0 Å². The highest BCUT2D eigenvalue weighted by molar-refractivity contribution is 7.93.